The van der Waals surface area contributed by atoms with E-state index in [0.717, 1.165) is 11.8 Å². The van der Waals surface area contributed by atoms with E-state index < -0.39 is 10.8 Å². The summed E-state index contributed by atoms with van der Waals surface area (Å²) in [5, 5.41) is 15.8. The molecular formula is C18H13N3O5S2. The maximum atomic E-state index is 12.1. The number of thiocarbonyl (C=S) groups is 1. The minimum atomic E-state index is -0.518. The molecule has 2 amide bonds. The molecule has 0 spiro atoms. The zero-order chi connectivity index (χ0) is 20.1. The molecule has 2 N–H and O–H groups in total. The first kappa shape index (κ1) is 19.5. The molecule has 2 aromatic carbocycles. The van der Waals surface area contributed by atoms with Gasteiger partial charge in [0.25, 0.3) is 17.5 Å². The van der Waals surface area contributed by atoms with Gasteiger partial charge in [-0.25, -0.2) is 0 Å². The SMILES string of the molecule is O=C(COc1ccccc1/C=C1\SC(=S)NC1=O)Nc1ccc([N+](=O)[O-])cc1. The molecule has 0 aliphatic carbocycles. The third-order valence-electron chi connectivity index (χ3n) is 3.57. The highest BCUT2D eigenvalue weighted by atomic mass is 32.2. The summed E-state index contributed by atoms with van der Waals surface area (Å²) in [7, 11) is 0. The summed E-state index contributed by atoms with van der Waals surface area (Å²) >= 11 is 6.12. The van der Waals surface area contributed by atoms with E-state index in [4.69, 9.17) is 17.0 Å². The highest BCUT2D eigenvalue weighted by Gasteiger charge is 2.22. The third-order valence-corrected chi connectivity index (χ3v) is 4.73. The van der Waals surface area contributed by atoms with E-state index in [1.807, 2.05) is 0 Å². The van der Waals surface area contributed by atoms with E-state index in [1.54, 1.807) is 30.3 Å². The van der Waals surface area contributed by atoms with Gasteiger partial charge in [0.2, 0.25) is 0 Å². The zero-order valence-electron chi connectivity index (χ0n) is 14.2. The predicted octanol–water partition coefficient (Wildman–Crippen LogP) is 3.10. The summed E-state index contributed by atoms with van der Waals surface area (Å²) in [6, 6.07) is 12.4. The number of ether oxygens (including phenoxy) is 1. The Morgan fingerprint density at radius 3 is 2.61 bits per heavy atom. The summed E-state index contributed by atoms with van der Waals surface area (Å²) in [4.78, 5) is 34.5. The van der Waals surface area contributed by atoms with E-state index in [9.17, 15) is 19.7 Å². The van der Waals surface area contributed by atoms with E-state index >= 15 is 0 Å². The van der Waals surface area contributed by atoms with Gasteiger partial charge in [0.05, 0.1) is 9.83 Å². The largest absolute Gasteiger partial charge is 0.483 e. The summed E-state index contributed by atoms with van der Waals surface area (Å²) in [5.74, 6) is -0.272. The Morgan fingerprint density at radius 1 is 1.25 bits per heavy atom. The first-order chi connectivity index (χ1) is 13.4. The van der Waals surface area contributed by atoms with Crippen LogP contribution < -0.4 is 15.4 Å². The quantitative estimate of drug-likeness (QED) is 0.323. The maximum Gasteiger partial charge on any atom is 0.269 e. The molecule has 1 heterocycles. The summed E-state index contributed by atoms with van der Waals surface area (Å²) in [6.45, 7) is -0.269. The van der Waals surface area contributed by atoms with Crippen LogP contribution in [-0.2, 0) is 9.59 Å². The summed E-state index contributed by atoms with van der Waals surface area (Å²) < 4.78 is 5.95. The van der Waals surface area contributed by atoms with Crippen molar-refractivity contribution >= 4 is 57.6 Å². The lowest BCUT2D eigenvalue weighted by molar-refractivity contribution is -0.384. The maximum absolute atomic E-state index is 12.1. The Hall–Kier alpha value is -3.24. The van der Waals surface area contributed by atoms with Crippen LogP contribution >= 0.6 is 24.0 Å². The van der Waals surface area contributed by atoms with Crippen LogP contribution in [0.5, 0.6) is 5.75 Å². The number of para-hydroxylation sites is 1. The lowest BCUT2D eigenvalue weighted by Gasteiger charge is -2.10. The Morgan fingerprint density at radius 2 is 1.96 bits per heavy atom. The van der Waals surface area contributed by atoms with Crippen LogP contribution in [0.2, 0.25) is 0 Å². The van der Waals surface area contributed by atoms with Crippen LogP contribution in [0.3, 0.4) is 0 Å². The Bertz CT molecular complexity index is 989. The molecule has 1 saturated heterocycles. The number of carbonyl (C=O) groups excluding carboxylic acids is 2. The molecule has 0 saturated carbocycles. The topological polar surface area (TPSA) is 111 Å². The van der Waals surface area contributed by atoms with E-state index in [1.165, 1.54) is 24.3 Å². The average molecular weight is 415 g/mol. The molecule has 142 valence electrons. The van der Waals surface area contributed by atoms with Crippen LogP contribution in [-0.4, -0.2) is 27.7 Å². The predicted molar refractivity (Wildman–Crippen MR) is 110 cm³/mol. The molecule has 0 aromatic heterocycles. The van der Waals surface area contributed by atoms with Crippen molar-refractivity contribution in [2.75, 3.05) is 11.9 Å². The van der Waals surface area contributed by atoms with Crippen molar-refractivity contribution in [3.8, 4) is 5.75 Å². The van der Waals surface area contributed by atoms with E-state index in [-0.39, 0.29) is 18.2 Å². The fourth-order valence-electron chi connectivity index (χ4n) is 2.30. The Kier molecular flexibility index (Phi) is 6.02. The molecule has 0 bridgehead atoms. The van der Waals surface area contributed by atoms with Gasteiger partial charge < -0.3 is 15.4 Å². The smallest absolute Gasteiger partial charge is 0.269 e. The molecule has 0 radical (unpaired) electrons. The lowest BCUT2D eigenvalue weighted by atomic mass is 10.2. The van der Waals surface area contributed by atoms with Crippen molar-refractivity contribution in [3.63, 3.8) is 0 Å². The van der Waals surface area contributed by atoms with Crippen LogP contribution in [0.25, 0.3) is 6.08 Å². The van der Waals surface area contributed by atoms with Crippen molar-refractivity contribution in [3.05, 3.63) is 69.1 Å². The number of carbonyl (C=O) groups is 2. The second-order valence-electron chi connectivity index (χ2n) is 5.53. The van der Waals surface area contributed by atoms with E-state index in [2.05, 4.69) is 10.6 Å². The molecule has 10 heteroatoms. The van der Waals surface area contributed by atoms with E-state index in [0.29, 0.717) is 26.2 Å². The highest BCUT2D eigenvalue weighted by molar-refractivity contribution is 8.26. The van der Waals surface area contributed by atoms with Crippen LogP contribution in [0.1, 0.15) is 5.56 Å². The zero-order valence-corrected chi connectivity index (χ0v) is 15.8. The second-order valence-corrected chi connectivity index (χ2v) is 7.25. The van der Waals surface area contributed by atoms with Gasteiger partial charge in [0, 0.05) is 23.4 Å². The first-order valence-corrected chi connectivity index (χ1v) is 9.16. The van der Waals surface area contributed by atoms with Gasteiger partial charge in [-0.15, -0.1) is 0 Å². The summed E-state index contributed by atoms with van der Waals surface area (Å²) in [5.41, 5.74) is 0.986. The minimum absolute atomic E-state index is 0.0653. The Balaban J connectivity index is 1.64. The molecule has 1 aliphatic heterocycles. The van der Waals surface area contributed by atoms with Crippen molar-refractivity contribution < 1.29 is 19.2 Å². The molecule has 28 heavy (non-hydrogen) atoms. The van der Waals surface area contributed by atoms with Gasteiger partial charge in [-0.1, -0.05) is 42.2 Å². The number of anilines is 1. The number of nitrogens with one attached hydrogen (secondary N) is 2. The number of hydrogen-bond acceptors (Lipinski definition) is 7. The molecule has 1 fully saturated rings. The number of non-ortho nitro benzene ring substituents is 1. The molecule has 3 rings (SSSR count). The third kappa shape index (κ3) is 4.93. The van der Waals surface area contributed by atoms with Gasteiger partial charge in [-0.2, -0.15) is 0 Å². The van der Waals surface area contributed by atoms with Gasteiger partial charge in [-0.3, -0.25) is 19.7 Å². The highest BCUT2D eigenvalue weighted by Crippen LogP contribution is 2.29. The van der Waals surface area contributed by atoms with Crippen molar-refractivity contribution in [1.29, 1.82) is 0 Å². The fraction of sp³-hybridized carbons (Fsp3) is 0.0556. The number of nitro benzene ring substituents is 1. The van der Waals surface area contributed by atoms with Crippen LogP contribution in [0.15, 0.2) is 53.4 Å². The monoisotopic (exact) mass is 415 g/mol. The van der Waals surface area contributed by atoms with Crippen molar-refractivity contribution in [2.45, 2.75) is 0 Å². The second kappa shape index (κ2) is 8.63. The molecule has 2 aromatic rings. The normalized spacial score (nSPS) is 14.6. The molecule has 1 aliphatic rings. The first-order valence-electron chi connectivity index (χ1n) is 7.93. The number of hydrogen-bond donors (Lipinski definition) is 2. The number of nitro groups is 1. The molecule has 8 nitrogen and oxygen atoms in total. The number of nitrogens with zero attached hydrogens (tertiary/aromatic N) is 1. The number of amides is 2. The number of thioether (sulfide) groups is 1. The molecule has 0 atom stereocenters. The average Bonchev–Trinajstić information content (AvgIpc) is 2.98. The van der Waals surface area contributed by atoms with Crippen LogP contribution in [0, 0.1) is 10.1 Å². The molecule has 0 unspecified atom stereocenters. The van der Waals surface area contributed by atoms with Gasteiger partial charge in [0.1, 0.15) is 10.1 Å². The number of rotatable bonds is 6. The summed E-state index contributed by atoms with van der Waals surface area (Å²) in [6.07, 6.45) is 1.64. The lowest BCUT2D eigenvalue weighted by Crippen LogP contribution is -2.20. The molecular weight excluding hydrogens is 402 g/mol. The van der Waals surface area contributed by atoms with Crippen LogP contribution in [0.4, 0.5) is 11.4 Å². The standard InChI is InChI=1S/C18H13N3O5S2/c22-16(19-12-5-7-13(8-6-12)21(24)25)10-26-14-4-2-1-3-11(14)9-15-17(23)20-18(27)28-15/h1-9H,10H2,(H,19,22)(H,20,23,27)/b15-9-. The number of benzene rings is 2. The minimum Gasteiger partial charge on any atom is -0.483 e. The fourth-order valence-corrected chi connectivity index (χ4v) is 3.34. The van der Waals surface area contributed by atoms with Gasteiger partial charge in [-0.05, 0) is 24.3 Å². The van der Waals surface area contributed by atoms with Crippen molar-refractivity contribution in [1.82, 2.24) is 5.32 Å². The Labute approximate surface area is 169 Å². The van der Waals surface area contributed by atoms with Crippen molar-refractivity contribution in [2.24, 2.45) is 0 Å². The van der Waals surface area contributed by atoms with Gasteiger partial charge >= 0.3 is 0 Å². The van der Waals surface area contributed by atoms with Gasteiger partial charge in [0.15, 0.2) is 6.61 Å².